The molecule has 1 aromatic rings. The van der Waals surface area contributed by atoms with Gasteiger partial charge in [0.1, 0.15) is 17.1 Å². The van der Waals surface area contributed by atoms with E-state index >= 15 is 0 Å². The third kappa shape index (κ3) is 2.63. The number of hydrogen-bond donors (Lipinski definition) is 0. The van der Waals surface area contributed by atoms with Gasteiger partial charge in [-0.3, -0.25) is 4.79 Å². The maximum Gasteiger partial charge on any atom is 0.170 e. The van der Waals surface area contributed by atoms with Crippen LogP contribution < -0.4 is 9.47 Å². The highest BCUT2D eigenvalue weighted by atomic mass is 16.5. The van der Waals surface area contributed by atoms with Crippen molar-refractivity contribution in [3.8, 4) is 11.5 Å². The van der Waals surface area contributed by atoms with E-state index in [1.54, 1.807) is 38.5 Å². The summed E-state index contributed by atoms with van der Waals surface area (Å²) in [5, 5.41) is 0. The topological polar surface area (TPSA) is 35.5 Å². The lowest BCUT2D eigenvalue weighted by Crippen LogP contribution is -2.04. The molecule has 0 atom stereocenters. The zero-order chi connectivity index (χ0) is 12.0. The first-order chi connectivity index (χ1) is 7.74. The Morgan fingerprint density at radius 1 is 1.31 bits per heavy atom. The van der Waals surface area contributed by atoms with Crippen molar-refractivity contribution in [2.24, 2.45) is 0 Å². The van der Waals surface area contributed by atoms with E-state index in [9.17, 15) is 4.79 Å². The van der Waals surface area contributed by atoms with Gasteiger partial charge in [-0.1, -0.05) is 12.1 Å². The summed E-state index contributed by atoms with van der Waals surface area (Å²) >= 11 is 0. The summed E-state index contributed by atoms with van der Waals surface area (Å²) < 4.78 is 10.3. The normalized spacial score (nSPS) is 9.62. The van der Waals surface area contributed by atoms with Crippen molar-refractivity contribution in [1.82, 2.24) is 0 Å². The lowest BCUT2D eigenvalue weighted by Gasteiger charge is -2.11. The van der Waals surface area contributed by atoms with E-state index in [4.69, 9.17) is 9.47 Å². The Morgan fingerprint density at radius 3 is 2.31 bits per heavy atom. The van der Waals surface area contributed by atoms with E-state index in [0.717, 1.165) is 0 Å². The van der Waals surface area contributed by atoms with Gasteiger partial charge < -0.3 is 9.47 Å². The quantitative estimate of drug-likeness (QED) is 0.546. The Morgan fingerprint density at radius 2 is 1.88 bits per heavy atom. The molecule has 0 radical (unpaired) electrons. The van der Waals surface area contributed by atoms with Crippen LogP contribution in [0.5, 0.6) is 11.5 Å². The maximum absolute atomic E-state index is 12.0. The number of hydrogen-bond acceptors (Lipinski definition) is 3. The second-order valence-corrected chi connectivity index (χ2v) is 3.29. The molecule has 0 fully saturated rings. The molecule has 0 aliphatic heterocycles. The van der Waals surface area contributed by atoms with Crippen LogP contribution in [0, 0.1) is 0 Å². The second-order valence-electron chi connectivity index (χ2n) is 3.29. The molecule has 0 bridgehead atoms. The summed E-state index contributed by atoms with van der Waals surface area (Å²) in [5.74, 6) is 1.11. The van der Waals surface area contributed by atoms with E-state index in [-0.39, 0.29) is 5.78 Å². The van der Waals surface area contributed by atoms with E-state index in [1.807, 2.05) is 0 Å². The molecule has 1 rings (SSSR count). The number of ether oxygens (including phenoxy) is 2. The summed E-state index contributed by atoms with van der Waals surface area (Å²) in [6, 6.07) is 5.30. The third-order valence-electron chi connectivity index (χ3n) is 2.28. The number of carbonyl (C=O) groups excluding carboxylic acids is 1. The lowest BCUT2D eigenvalue weighted by molar-refractivity contribution is 0.0977. The molecule has 3 nitrogen and oxygen atoms in total. The van der Waals surface area contributed by atoms with Gasteiger partial charge in [0.15, 0.2) is 5.78 Å². The number of rotatable bonds is 6. The fourth-order valence-corrected chi connectivity index (χ4v) is 1.48. The average Bonchev–Trinajstić information content (AvgIpc) is 2.34. The SMILES string of the molecule is C=CCCC(=O)c1c(OC)cccc1OC. The van der Waals surface area contributed by atoms with Gasteiger partial charge >= 0.3 is 0 Å². The van der Waals surface area contributed by atoms with Crippen LogP contribution in [-0.4, -0.2) is 20.0 Å². The van der Waals surface area contributed by atoms with E-state index in [1.165, 1.54) is 0 Å². The standard InChI is InChI=1S/C13H16O3/c1-4-5-7-10(14)13-11(15-2)8-6-9-12(13)16-3/h4,6,8-9H,1,5,7H2,2-3H3. The average molecular weight is 220 g/mol. The van der Waals surface area contributed by atoms with E-state index in [2.05, 4.69) is 6.58 Å². The molecule has 0 aliphatic carbocycles. The first-order valence-corrected chi connectivity index (χ1v) is 5.09. The highest BCUT2D eigenvalue weighted by molar-refractivity contribution is 6.01. The van der Waals surface area contributed by atoms with Gasteiger partial charge in [0, 0.05) is 6.42 Å². The molecule has 0 aromatic heterocycles. The van der Waals surface area contributed by atoms with Gasteiger partial charge in [0.05, 0.1) is 14.2 Å². The molecule has 0 heterocycles. The fraction of sp³-hybridized carbons (Fsp3) is 0.308. The molecule has 0 unspecified atom stereocenters. The molecule has 0 N–H and O–H groups in total. The minimum atomic E-state index is 0.00852. The highest BCUT2D eigenvalue weighted by Crippen LogP contribution is 2.29. The van der Waals surface area contributed by atoms with Gasteiger partial charge in [-0.15, -0.1) is 6.58 Å². The third-order valence-corrected chi connectivity index (χ3v) is 2.28. The number of benzene rings is 1. The largest absolute Gasteiger partial charge is 0.496 e. The van der Waals surface area contributed by atoms with Crippen LogP contribution in [0.25, 0.3) is 0 Å². The Kier molecular flexibility index (Phi) is 4.58. The monoisotopic (exact) mass is 220 g/mol. The van der Waals surface area contributed by atoms with Crippen molar-refractivity contribution in [3.63, 3.8) is 0 Å². The maximum atomic E-state index is 12.0. The van der Waals surface area contributed by atoms with Crippen molar-refractivity contribution >= 4 is 5.78 Å². The molecular formula is C13H16O3. The first kappa shape index (κ1) is 12.3. The fourth-order valence-electron chi connectivity index (χ4n) is 1.48. The summed E-state index contributed by atoms with van der Waals surface area (Å²) in [4.78, 5) is 12.0. The van der Waals surface area contributed by atoms with E-state index in [0.29, 0.717) is 29.9 Å². The van der Waals surface area contributed by atoms with E-state index < -0.39 is 0 Å². The smallest absolute Gasteiger partial charge is 0.170 e. The van der Waals surface area contributed by atoms with Crippen LogP contribution in [-0.2, 0) is 0 Å². The van der Waals surface area contributed by atoms with Gasteiger partial charge in [-0.2, -0.15) is 0 Å². The molecule has 1 aromatic carbocycles. The van der Waals surface area contributed by atoms with Gasteiger partial charge in [-0.25, -0.2) is 0 Å². The van der Waals surface area contributed by atoms with Crippen molar-refractivity contribution in [2.75, 3.05) is 14.2 Å². The Balaban J connectivity index is 3.07. The Bertz CT molecular complexity index is 361. The molecule has 86 valence electrons. The summed E-state index contributed by atoms with van der Waals surface area (Å²) in [6.45, 7) is 3.60. The minimum absolute atomic E-state index is 0.00852. The summed E-state index contributed by atoms with van der Waals surface area (Å²) in [5.41, 5.74) is 0.509. The van der Waals surface area contributed by atoms with Gasteiger partial charge in [-0.05, 0) is 18.6 Å². The predicted molar refractivity (Wildman–Crippen MR) is 63.3 cm³/mol. The number of ketones is 1. The van der Waals surface area contributed by atoms with Crippen LogP contribution in [0.4, 0.5) is 0 Å². The second kappa shape index (κ2) is 5.95. The molecule has 0 amide bonds. The number of carbonyl (C=O) groups is 1. The van der Waals surface area contributed by atoms with Crippen LogP contribution in [0.3, 0.4) is 0 Å². The van der Waals surface area contributed by atoms with Gasteiger partial charge in [0.25, 0.3) is 0 Å². The summed E-state index contributed by atoms with van der Waals surface area (Å²) in [7, 11) is 3.08. The van der Waals surface area contributed by atoms with Gasteiger partial charge in [0.2, 0.25) is 0 Å². The molecule has 16 heavy (non-hydrogen) atoms. The molecule has 0 aliphatic rings. The van der Waals surface area contributed by atoms with Crippen molar-refractivity contribution in [2.45, 2.75) is 12.8 Å². The van der Waals surface area contributed by atoms with Crippen molar-refractivity contribution in [3.05, 3.63) is 36.4 Å². The Hall–Kier alpha value is -1.77. The minimum Gasteiger partial charge on any atom is -0.496 e. The van der Waals surface area contributed by atoms with Crippen LogP contribution in [0.2, 0.25) is 0 Å². The Labute approximate surface area is 95.7 Å². The molecule has 3 heteroatoms. The molecular weight excluding hydrogens is 204 g/mol. The summed E-state index contributed by atoms with van der Waals surface area (Å²) in [6.07, 6.45) is 2.79. The number of methoxy groups -OCH3 is 2. The lowest BCUT2D eigenvalue weighted by atomic mass is 10.0. The van der Waals surface area contributed by atoms with Crippen LogP contribution in [0.15, 0.2) is 30.9 Å². The van der Waals surface area contributed by atoms with Crippen molar-refractivity contribution < 1.29 is 14.3 Å². The molecule has 0 spiro atoms. The number of Topliss-reactive ketones (excluding diaryl/α,β-unsaturated/α-hetero) is 1. The zero-order valence-electron chi connectivity index (χ0n) is 9.66. The highest BCUT2D eigenvalue weighted by Gasteiger charge is 2.16. The number of allylic oxidation sites excluding steroid dienone is 1. The predicted octanol–water partition coefficient (Wildman–Crippen LogP) is 2.85. The van der Waals surface area contributed by atoms with Crippen LogP contribution in [0.1, 0.15) is 23.2 Å². The zero-order valence-corrected chi connectivity index (χ0v) is 9.66. The molecule has 0 saturated carbocycles. The van der Waals surface area contributed by atoms with Crippen molar-refractivity contribution in [1.29, 1.82) is 0 Å². The van der Waals surface area contributed by atoms with Crippen LogP contribution >= 0.6 is 0 Å². The molecule has 0 saturated heterocycles. The first-order valence-electron chi connectivity index (χ1n) is 5.09.